The molecule has 2 aromatic heterocycles. The fraction of sp³-hybridized carbons (Fsp3) is 0.370. The van der Waals surface area contributed by atoms with Gasteiger partial charge in [-0.15, -0.1) is 0 Å². The van der Waals surface area contributed by atoms with Gasteiger partial charge in [0, 0.05) is 49.9 Å². The maximum Gasteiger partial charge on any atom is 0.226 e. The average Bonchev–Trinajstić information content (AvgIpc) is 3.59. The molecule has 2 saturated heterocycles. The summed E-state index contributed by atoms with van der Waals surface area (Å²) < 4.78 is 8.18. The lowest BCUT2D eigenvalue weighted by Gasteiger charge is -2.29. The highest BCUT2D eigenvalue weighted by Gasteiger charge is 2.41. The minimum Gasteiger partial charge on any atom is -0.376 e. The van der Waals surface area contributed by atoms with Crippen LogP contribution in [0.4, 0.5) is 5.69 Å². The maximum absolute atomic E-state index is 12.8. The van der Waals surface area contributed by atoms with E-state index in [1.165, 1.54) is 0 Å². The summed E-state index contributed by atoms with van der Waals surface area (Å²) in [7, 11) is 0. The molecule has 2 N–H and O–H groups in total. The Morgan fingerprint density at radius 1 is 1.23 bits per heavy atom. The molecule has 182 valence electrons. The number of anilines is 1. The van der Waals surface area contributed by atoms with E-state index in [2.05, 4.69) is 43.4 Å². The van der Waals surface area contributed by atoms with Crippen molar-refractivity contribution in [2.24, 2.45) is 0 Å². The van der Waals surface area contributed by atoms with Crippen molar-refractivity contribution in [1.82, 2.24) is 19.8 Å². The molecule has 35 heavy (non-hydrogen) atoms. The molecule has 1 aromatic carbocycles. The smallest absolute Gasteiger partial charge is 0.226 e. The Morgan fingerprint density at radius 3 is 2.91 bits per heavy atom. The first kappa shape index (κ1) is 23.5. The van der Waals surface area contributed by atoms with Gasteiger partial charge in [-0.3, -0.25) is 9.78 Å². The molecule has 0 unspecified atom stereocenters. The highest BCUT2D eigenvalue weighted by atomic mass is 32.1. The number of aromatic nitrogens is 2. The standard InChI is InChI=1S/C27H31N5O2S/c1-19-7-4-8-20(17-19)29-24(33)12-15-32-26(25(30-27(32)35)22-10-2-3-13-28-22)23-11-5-14-31(23)18-21-9-6-16-34-21/h2-5,7-8,10-11,13-14,17,21,25-26H,6,9,12,15-16,18H2,1H3,(H,29,33)(H,30,35)/t21-,25-,26+/m0/s1. The highest BCUT2D eigenvalue weighted by Crippen LogP contribution is 2.39. The van der Waals surface area contributed by atoms with E-state index < -0.39 is 0 Å². The molecule has 2 fully saturated rings. The van der Waals surface area contributed by atoms with Crippen LogP contribution in [0.5, 0.6) is 0 Å². The topological polar surface area (TPSA) is 71.4 Å². The van der Waals surface area contributed by atoms with Crippen LogP contribution >= 0.6 is 12.2 Å². The first-order valence-corrected chi connectivity index (χ1v) is 12.6. The van der Waals surface area contributed by atoms with Crippen LogP contribution in [0.25, 0.3) is 0 Å². The zero-order valence-electron chi connectivity index (χ0n) is 19.9. The number of nitrogens with one attached hydrogen (secondary N) is 2. The molecule has 0 radical (unpaired) electrons. The van der Waals surface area contributed by atoms with E-state index in [1.807, 2.05) is 49.4 Å². The van der Waals surface area contributed by atoms with Gasteiger partial charge < -0.3 is 24.8 Å². The molecule has 7 nitrogen and oxygen atoms in total. The Bertz CT molecular complexity index is 1180. The minimum absolute atomic E-state index is 0.0341. The minimum atomic E-state index is -0.110. The second-order valence-electron chi connectivity index (χ2n) is 9.21. The molecule has 0 bridgehead atoms. The zero-order valence-corrected chi connectivity index (χ0v) is 20.7. The number of rotatable bonds is 8. The van der Waals surface area contributed by atoms with Gasteiger partial charge in [-0.1, -0.05) is 18.2 Å². The van der Waals surface area contributed by atoms with Gasteiger partial charge in [0.15, 0.2) is 5.11 Å². The van der Waals surface area contributed by atoms with Crippen LogP contribution in [0.2, 0.25) is 0 Å². The van der Waals surface area contributed by atoms with Crippen molar-refractivity contribution in [3.05, 3.63) is 83.9 Å². The number of hydrogen-bond donors (Lipinski definition) is 2. The molecule has 3 aromatic rings. The molecule has 2 aliphatic heterocycles. The Kier molecular flexibility index (Phi) is 7.11. The molecule has 4 heterocycles. The van der Waals surface area contributed by atoms with Crippen molar-refractivity contribution in [2.45, 2.75) is 50.9 Å². The molecule has 8 heteroatoms. The summed E-state index contributed by atoms with van der Waals surface area (Å²) in [5.41, 5.74) is 3.99. The first-order valence-electron chi connectivity index (χ1n) is 12.2. The third-order valence-electron chi connectivity index (χ3n) is 6.67. The fourth-order valence-electron chi connectivity index (χ4n) is 5.01. The summed E-state index contributed by atoms with van der Waals surface area (Å²) in [6.45, 7) is 4.15. The van der Waals surface area contributed by atoms with Crippen molar-refractivity contribution in [3.63, 3.8) is 0 Å². The quantitative estimate of drug-likeness (QED) is 0.458. The number of nitrogens with zero attached hydrogens (tertiary/aromatic N) is 3. The predicted octanol–water partition coefficient (Wildman–Crippen LogP) is 4.37. The van der Waals surface area contributed by atoms with Crippen molar-refractivity contribution in [3.8, 4) is 0 Å². The van der Waals surface area contributed by atoms with Crippen LogP contribution in [0.3, 0.4) is 0 Å². The third-order valence-corrected chi connectivity index (χ3v) is 7.02. The maximum atomic E-state index is 12.8. The van der Waals surface area contributed by atoms with E-state index in [-0.39, 0.29) is 24.1 Å². The molecule has 5 rings (SSSR count). The third kappa shape index (κ3) is 5.39. The van der Waals surface area contributed by atoms with E-state index in [1.54, 1.807) is 6.20 Å². The normalized spacial score (nSPS) is 21.8. The lowest BCUT2D eigenvalue weighted by atomic mass is 10.0. The van der Waals surface area contributed by atoms with Gasteiger partial charge in [0.25, 0.3) is 0 Å². The van der Waals surface area contributed by atoms with E-state index in [9.17, 15) is 4.79 Å². The Hall–Kier alpha value is -3.23. The molecule has 3 atom stereocenters. The van der Waals surface area contributed by atoms with Gasteiger partial charge >= 0.3 is 0 Å². The van der Waals surface area contributed by atoms with Crippen LogP contribution in [0.1, 0.15) is 48.3 Å². The molecular formula is C27H31N5O2S. The summed E-state index contributed by atoms with van der Waals surface area (Å²) in [6, 6.07) is 17.8. The zero-order chi connectivity index (χ0) is 24.2. The Labute approximate surface area is 211 Å². The highest BCUT2D eigenvalue weighted by molar-refractivity contribution is 7.80. The predicted molar refractivity (Wildman–Crippen MR) is 140 cm³/mol. The van der Waals surface area contributed by atoms with Crippen LogP contribution in [-0.2, 0) is 16.1 Å². The number of pyridine rings is 1. The number of carbonyl (C=O) groups excluding carboxylic acids is 1. The van der Waals surface area contributed by atoms with Gasteiger partial charge in [-0.05, 0) is 73.9 Å². The monoisotopic (exact) mass is 489 g/mol. The molecule has 0 saturated carbocycles. The van der Waals surface area contributed by atoms with Gasteiger partial charge in [0.2, 0.25) is 5.91 Å². The van der Waals surface area contributed by atoms with Crippen molar-refractivity contribution in [2.75, 3.05) is 18.5 Å². The van der Waals surface area contributed by atoms with Crippen molar-refractivity contribution >= 4 is 28.9 Å². The lowest BCUT2D eigenvalue weighted by molar-refractivity contribution is -0.116. The number of ether oxygens (including phenoxy) is 1. The largest absolute Gasteiger partial charge is 0.376 e. The van der Waals surface area contributed by atoms with E-state index >= 15 is 0 Å². The number of aryl methyl sites for hydroxylation is 1. The van der Waals surface area contributed by atoms with E-state index in [0.717, 1.165) is 48.6 Å². The van der Waals surface area contributed by atoms with Gasteiger partial charge in [0.05, 0.1) is 23.9 Å². The molecular weight excluding hydrogens is 458 g/mol. The SMILES string of the molecule is Cc1cccc(NC(=O)CCN2C(=S)N[C@@H](c3ccccn3)[C@H]2c2cccn2C[C@@H]2CCCO2)c1. The van der Waals surface area contributed by atoms with Crippen LogP contribution in [0.15, 0.2) is 67.0 Å². The van der Waals surface area contributed by atoms with Crippen LogP contribution in [-0.4, -0.2) is 44.7 Å². The lowest BCUT2D eigenvalue weighted by Crippen LogP contribution is -2.33. The average molecular weight is 490 g/mol. The van der Waals surface area contributed by atoms with Crippen molar-refractivity contribution in [1.29, 1.82) is 0 Å². The first-order chi connectivity index (χ1) is 17.1. The second-order valence-corrected chi connectivity index (χ2v) is 9.59. The second kappa shape index (κ2) is 10.6. The van der Waals surface area contributed by atoms with E-state index in [0.29, 0.717) is 18.1 Å². The number of benzene rings is 1. The molecule has 0 aliphatic carbocycles. The molecule has 1 amide bonds. The number of amides is 1. The van der Waals surface area contributed by atoms with Gasteiger partial charge in [-0.25, -0.2) is 0 Å². The summed E-state index contributed by atoms with van der Waals surface area (Å²) >= 11 is 5.78. The summed E-state index contributed by atoms with van der Waals surface area (Å²) in [6.07, 6.45) is 6.65. The number of hydrogen-bond acceptors (Lipinski definition) is 4. The van der Waals surface area contributed by atoms with E-state index in [4.69, 9.17) is 17.0 Å². The van der Waals surface area contributed by atoms with Gasteiger partial charge in [0.1, 0.15) is 0 Å². The Balaban J connectivity index is 1.37. The molecule has 0 spiro atoms. The Morgan fingerprint density at radius 2 is 2.14 bits per heavy atom. The van der Waals surface area contributed by atoms with Crippen molar-refractivity contribution < 1.29 is 9.53 Å². The number of thiocarbonyl (C=S) groups is 1. The van der Waals surface area contributed by atoms with Crippen LogP contribution < -0.4 is 10.6 Å². The fourth-order valence-corrected chi connectivity index (χ4v) is 5.34. The number of carbonyl (C=O) groups is 1. The summed E-state index contributed by atoms with van der Waals surface area (Å²) in [4.78, 5) is 19.5. The van der Waals surface area contributed by atoms with Gasteiger partial charge in [-0.2, -0.15) is 0 Å². The summed E-state index contributed by atoms with van der Waals surface area (Å²) in [5, 5.41) is 7.13. The van der Waals surface area contributed by atoms with Crippen LogP contribution in [0, 0.1) is 6.92 Å². The summed E-state index contributed by atoms with van der Waals surface area (Å²) in [5.74, 6) is -0.0341. The molecule has 2 aliphatic rings.